The van der Waals surface area contributed by atoms with E-state index in [0.717, 1.165) is 6.42 Å². The zero-order valence-corrected chi connectivity index (χ0v) is 12.1. The van der Waals surface area contributed by atoms with Crippen LogP contribution >= 0.6 is 0 Å². The Morgan fingerprint density at radius 2 is 2.06 bits per heavy atom. The molecule has 0 N–H and O–H groups in total. The highest BCUT2D eigenvalue weighted by molar-refractivity contribution is 5.70. The number of rotatable bonds is 3. The second kappa shape index (κ2) is 4.72. The highest BCUT2D eigenvalue weighted by Crippen LogP contribution is 2.53. The zero-order chi connectivity index (χ0) is 13.5. The van der Waals surface area contributed by atoms with Crippen molar-refractivity contribution in [3.63, 3.8) is 0 Å². The van der Waals surface area contributed by atoms with Gasteiger partial charge < -0.3 is 9.47 Å². The van der Waals surface area contributed by atoms with Crippen LogP contribution in [0.2, 0.25) is 0 Å². The summed E-state index contributed by atoms with van der Waals surface area (Å²) in [5.41, 5.74) is -0.427. The van der Waals surface area contributed by atoms with Crippen LogP contribution in [0.15, 0.2) is 0 Å². The summed E-state index contributed by atoms with van der Waals surface area (Å²) in [5.74, 6) is 1.28. The highest BCUT2D eigenvalue weighted by atomic mass is 16.6. The second-order valence-corrected chi connectivity index (χ2v) is 6.45. The third-order valence-corrected chi connectivity index (χ3v) is 3.89. The van der Waals surface area contributed by atoms with Crippen molar-refractivity contribution >= 4 is 6.09 Å². The van der Waals surface area contributed by atoms with E-state index in [4.69, 9.17) is 9.47 Å². The van der Waals surface area contributed by atoms with Crippen LogP contribution in [-0.2, 0) is 9.47 Å². The number of hydrogen-bond acceptors (Lipinski definition) is 3. The van der Waals surface area contributed by atoms with Gasteiger partial charge in [0.1, 0.15) is 5.60 Å². The van der Waals surface area contributed by atoms with Gasteiger partial charge in [-0.3, -0.25) is 4.90 Å². The Bertz CT molecular complexity index is 323. The molecule has 1 amide bonds. The quantitative estimate of drug-likeness (QED) is 0.778. The minimum Gasteiger partial charge on any atom is -0.444 e. The molecule has 4 nitrogen and oxygen atoms in total. The Morgan fingerprint density at radius 3 is 2.61 bits per heavy atom. The molecular formula is C14H25NO3. The van der Waals surface area contributed by atoms with Crippen LogP contribution in [0.3, 0.4) is 0 Å². The van der Waals surface area contributed by atoms with Crippen LogP contribution in [0, 0.1) is 11.8 Å². The molecular weight excluding hydrogens is 230 g/mol. The SMILES string of the molecule is CCOCC1CC2C([C@H]2C)N1C(=O)OC(C)(C)C. The largest absolute Gasteiger partial charge is 0.444 e. The van der Waals surface area contributed by atoms with Crippen molar-refractivity contribution in [2.24, 2.45) is 11.8 Å². The van der Waals surface area contributed by atoms with Gasteiger partial charge in [-0.05, 0) is 46.0 Å². The summed E-state index contributed by atoms with van der Waals surface area (Å²) in [7, 11) is 0. The minimum absolute atomic E-state index is 0.177. The molecule has 1 saturated heterocycles. The molecule has 0 aromatic heterocycles. The molecule has 0 aromatic carbocycles. The number of carbonyl (C=O) groups excluding carboxylic acids is 1. The topological polar surface area (TPSA) is 38.8 Å². The van der Waals surface area contributed by atoms with E-state index in [1.807, 2.05) is 32.6 Å². The average molecular weight is 255 g/mol. The first-order chi connectivity index (χ1) is 8.35. The fourth-order valence-corrected chi connectivity index (χ4v) is 2.99. The van der Waals surface area contributed by atoms with E-state index in [-0.39, 0.29) is 12.1 Å². The summed E-state index contributed by atoms with van der Waals surface area (Å²) in [6.45, 7) is 11.3. The van der Waals surface area contributed by atoms with Gasteiger partial charge in [0.15, 0.2) is 0 Å². The van der Waals surface area contributed by atoms with Gasteiger partial charge in [0.25, 0.3) is 0 Å². The van der Waals surface area contributed by atoms with Gasteiger partial charge in [-0.25, -0.2) is 4.79 Å². The molecule has 18 heavy (non-hydrogen) atoms. The third kappa shape index (κ3) is 2.63. The van der Waals surface area contributed by atoms with Crippen LogP contribution in [0.5, 0.6) is 0 Å². The molecule has 4 heteroatoms. The Hall–Kier alpha value is -0.770. The normalized spacial score (nSPS) is 34.4. The molecule has 4 atom stereocenters. The summed E-state index contributed by atoms with van der Waals surface area (Å²) in [4.78, 5) is 14.2. The lowest BCUT2D eigenvalue weighted by Gasteiger charge is -2.31. The van der Waals surface area contributed by atoms with E-state index in [1.54, 1.807) is 0 Å². The Morgan fingerprint density at radius 1 is 1.39 bits per heavy atom. The van der Waals surface area contributed by atoms with Gasteiger partial charge in [0.05, 0.1) is 12.6 Å². The van der Waals surface area contributed by atoms with Gasteiger partial charge in [0.2, 0.25) is 0 Å². The van der Waals surface area contributed by atoms with Crippen molar-refractivity contribution in [1.29, 1.82) is 0 Å². The van der Waals surface area contributed by atoms with E-state index in [2.05, 4.69) is 6.92 Å². The van der Waals surface area contributed by atoms with E-state index in [1.165, 1.54) is 0 Å². The average Bonchev–Trinajstić information content (AvgIpc) is 2.74. The van der Waals surface area contributed by atoms with Gasteiger partial charge in [-0.15, -0.1) is 0 Å². The number of carbonyl (C=O) groups is 1. The molecule has 3 unspecified atom stereocenters. The lowest BCUT2D eigenvalue weighted by Crippen LogP contribution is -2.44. The maximum Gasteiger partial charge on any atom is 0.410 e. The molecule has 104 valence electrons. The molecule has 2 rings (SSSR count). The number of nitrogens with zero attached hydrogens (tertiary/aromatic N) is 1. The van der Waals surface area contributed by atoms with Crippen LogP contribution in [-0.4, -0.2) is 41.9 Å². The second-order valence-electron chi connectivity index (χ2n) is 6.45. The van der Waals surface area contributed by atoms with Crippen molar-refractivity contribution in [3.8, 4) is 0 Å². The molecule has 1 aliphatic carbocycles. The van der Waals surface area contributed by atoms with Gasteiger partial charge in [-0.1, -0.05) is 6.92 Å². The summed E-state index contributed by atoms with van der Waals surface area (Å²) < 4.78 is 11.0. The number of amides is 1. The first kappa shape index (κ1) is 13.7. The predicted octanol–water partition coefficient (Wildman–Crippen LogP) is 2.67. The van der Waals surface area contributed by atoms with Gasteiger partial charge >= 0.3 is 6.09 Å². The third-order valence-electron chi connectivity index (χ3n) is 3.89. The molecule has 0 radical (unpaired) electrons. The molecule has 2 aliphatic rings. The standard InChI is InChI=1S/C14H25NO3/c1-6-17-8-10-7-11-9(2)12(11)15(10)13(16)18-14(3,4)5/h9-12H,6-8H2,1-5H3/t9-,10?,11?,12?/m0/s1. The number of fused-ring (bicyclic) bond motifs is 1. The van der Waals surface area contributed by atoms with Crippen LogP contribution in [0.4, 0.5) is 4.79 Å². The summed E-state index contributed by atoms with van der Waals surface area (Å²) >= 11 is 0. The minimum atomic E-state index is -0.427. The Balaban J connectivity index is 2.00. The van der Waals surface area contributed by atoms with Crippen LogP contribution in [0.1, 0.15) is 41.0 Å². The first-order valence-corrected chi connectivity index (χ1v) is 6.94. The van der Waals surface area contributed by atoms with Gasteiger partial charge in [0, 0.05) is 12.6 Å². The summed E-state index contributed by atoms with van der Waals surface area (Å²) in [5, 5.41) is 0. The summed E-state index contributed by atoms with van der Waals surface area (Å²) in [6, 6.07) is 0.580. The molecule has 0 spiro atoms. The highest BCUT2D eigenvalue weighted by Gasteiger charge is 2.60. The molecule has 1 heterocycles. The van der Waals surface area contributed by atoms with Crippen LogP contribution in [0.25, 0.3) is 0 Å². The maximum atomic E-state index is 12.3. The van der Waals surface area contributed by atoms with Crippen molar-refractivity contribution in [2.75, 3.05) is 13.2 Å². The fourth-order valence-electron chi connectivity index (χ4n) is 2.99. The van der Waals surface area contributed by atoms with Crippen molar-refractivity contribution < 1.29 is 14.3 Å². The summed E-state index contributed by atoms with van der Waals surface area (Å²) in [6.07, 6.45) is 0.884. The smallest absolute Gasteiger partial charge is 0.410 e. The van der Waals surface area contributed by atoms with E-state index in [9.17, 15) is 4.79 Å². The molecule has 0 aromatic rings. The molecule has 0 bridgehead atoms. The first-order valence-electron chi connectivity index (χ1n) is 6.94. The number of ether oxygens (including phenoxy) is 2. The number of hydrogen-bond donors (Lipinski definition) is 0. The predicted molar refractivity (Wildman–Crippen MR) is 69.4 cm³/mol. The van der Waals surface area contributed by atoms with E-state index in [0.29, 0.717) is 31.1 Å². The molecule has 1 aliphatic heterocycles. The molecule has 1 saturated carbocycles. The van der Waals surface area contributed by atoms with Crippen molar-refractivity contribution in [1.82, 2.24) is 4.90 Å². The lowest BCUT2D eigenvalue weighted by molar-refractivity contribution is 0.00419. The Labute approximate surface area is 110 Å². The van der Waals surface area contributed by atoms with E-state index >= 15 is 0 Å². The maximum absolute atomic E-state index is 12.3. The van der Waals surface area contributed by atoms with Gasteiger partial charge in [-0.2, -0.15) is 0 Å². The number of piperidine rings is 1. The monoisotopic (exact) mass is 255 g/mol. The van der Waals surface area contributed by atoms with Crippen molar-refractivity contribution in [2.45, 2.75) is 58.7 Å². The molecule has 2 fully saturated rings. The lowest BCUT2D eigenvalue weighted by atomic mass is 10.1. The van der Waals surface area contributed by atoms with E-state index < -0.39 is 5.60 Å². The van der Waals surface area contributed by atoms with Crippen LogP contribution < -0.4 is 0 Å². The zero-order valence-electron chi connectivity index (χ0n) is 12.1. The Kier molecular flexibility index (Phi) is 3.58. The van der Waals surface area contributed by atoms with Crippen molar-refractivity contribution in [3.05, 3.63) is 0 Å². The fraction of sp³-hybridized carbons (Fsp3) is 0.929. The number of likely N-dealkylation sites (tertiary alicyclic amines) is 1.